The minimum absolute atomic E-state index is 0.238. The van der Waals surface area contributed by atoms with Crippen LogP contribution in [0.2, 0.25) is 0 Å². The van der Waals surface area contributed by atoms with Gasteiger partial charge in [0.2, 0.25) is 5.95 Å². The van der Waals surface area contributed by atoms with Crippen LogP contribution in [-0.2, 0) is 4.74 Å². The molecule has 0 unspecified atom stereocenters. The van der Waals surface area contributed by atoms with Gasteiger partial charge in [0.05, 0.1) is 12.7 Å². The molecule has 0 spiro atoms. The molecule has 0 aliphatic heterocycles. The lowest BCUT2D eigenvalue weighted by molar-refractivity contribution is 0.0600. The SMILES string of the molecule is COC(=O)c1ccc(Nc2nccc(C(=O)Nc3ccc(C(C)C)cc3)n2)cc1. The molecule has 3 rings (SSSR count). The van der Waals surface area contributed by atoms with E-state index in [1.165, 1.54) is 18.9 Å². The highest BCUT2D eigenvalue weighted by molar-refractivity contribution is 6.03. The first-order valence-corrected chi connectivity index (χ1v) is 9.16. The van der Waals surface area contributed by atoms with E-state index < -0.39 is 5.97 Å². The Hall–Kier alpha value is -3.74. The van der Waals surface area contributed by atoms with Gasteiger partial charge in [-0.3, -0.25) is 4.79 Å². The zero-order chi connectivity index (χ0) is 20.8. The molecule has 0 fully saturated rings. The molecule has 148 valence electrons. The minimum atomic E-state index is -0.409. The first-order valence-electron chi connectivity index (χ1n) is 9.16. The summed E-state index contributed by atoms with van der Waals surface area (Å²) in [6, 6.07) is 15.9. The molecule has 0 saturated carbocycles. The summed E-state index contributed by atoms with van der Waals surface area (Å²) in [7, 11) is 1.33. The van der Waals surface area contributed by atoms with Gasteiger partial charge in [0.25, 0.3) is 5.91 Å². The standard InChI is InChI=1S/C22H22N4O3/c1-14(2)15-4-8-17(9-5-15)24-20(27)19-12-13-23-22(26-19)25-18-10-6-16(7-11-18)21(28)29-3/h4-14H,1-3H3,(H,24,27)(H,23,25,26). The summed E-state index contributed by atoms with van der Waals surface area (Å²) >= 11 is 0. The predicted molar refractivity (Wildman–Crippen MR) is 112 cm³/mol. The van der Waals surface area contributed by atoms with Crippen LogP contribution in [0.4, 0.5) is 17.3 Å². The quantitative estimate of drug-likeness (QED) is 0.607. The molecule has 1 amide bonds. The van der Waals surface area contributed by atoms with Gasteiger partial charge in [-0.2, -0.15) is 0 Å². The third-order valence-electron chi connectivity index (χ3n) is 4.29. The maximum absolute atomic E-state index is 12.5. The number of rotatable bonds is 6. The zero-order valence-corrected chi connectivity index (χ0v) is 16.5. The number of aromatic nitrogens is 2. The number of benzene rings is 2. The lowest BCUT2D eigenvalue weighted by Crippen LogP contribution is -2.14. The van der Waals surface area contributed by atoms with Crippen LogP contribution in [0.1, 0.15) is 46.2 Å². The van der Waals surface area contributed by atoms with Crippen LogP contribution in [-0.4, -0.2) is 29.0 Å². The molecular weight excluding hydrogens is 368 g/mol. The van der Waals surface area contributed by atoms with Gasteiger partial charge in [0.1, 0.15) is 5.69 Å². The van der Waals surface area contributed by atoms with E-state index in [2.05, 4.69) is 39.2 Å². The second-order valence-electron chi connectivity index (χ2n) is 6.69. The van der Waals surface area contributed by atoms with E-state index in [9.17, 15) is 9.59 Å². The second-order valence-corrected chi connectivity index (χ2v) is 6.69. The predicted octanol–water partition coefficient (Wildman–Crippen LogP) is 4.38. The third kappa shape index (κ3) is 5.16. The summed E-state index contributed by atoms with van der Waals surface area (Å²) in [5.74, 6) is -0.0303. The highest BCUT2D eigenvalue weighted by atomic mass is 16.5. The van der Waals surface area contributed by atoms with Crippen molar-refractivity contribution >= 4 is 29.2 Å². The van der Waals surface area contributed by atoms with Gasteiger partial charge in [-0.25, -0.2) is 14.8 Å². The molecule has 2 N–H and O–H groups in total. The average Bonchev–Trinajstić information content (AvgIpc) is 2.74. The van der Waals surface area contributed by atoms with Gasteiger partial charge >= 0.3 is 5.97 Å². The van der Waals surface area contributed by atoms with Crippen LogP contribution in [0.15, 0.2) is 60.8 Å². The molecule has 7 heteroatoms. The van der Waals surface area contributed by atoms with Gasteiger partial charge in [0.15, 0.2) is 0 Å². The summed E-state index contributed by atoms with van der Waals surface area (Å²) in [6.07, 6.45) is 1.51. The monoisotopic (exact) mass is 390 g/mol. The molecule has 7 nitrogen and oxygen atoms in total. The fourth-order valence-electron chi connectivity index (χ4n) is 2.63. The largest absolute Gasteiger partial charge is 0.465 e. The molecule has 0 aliphatic rings. The molecule has 0 bridgehead atoms. The third-order valence-corrected chi connectivity index (χ3v) is 4.29. The summed E-state index contributed by atoms with van der Waals surface area (Å²) < 4.78 is 4.67. The molecular formula is C22H22N4O3. The van der Waals surface area contributed by atoms with E-state index in [4.69, 9.17) is 0 Å². The van der Waals surface area contributed by atoms with Crippen molar-refractivity contribution in [1.29, 1.82) is 0 Å². The van der Waals surface area contributed by atoms with E-state index in [0.717, 1.165) is 0 Å². The van der Waals surface area contributed by atoms with Crippen LogP contribution >= 0.6 is 0 Å². The Bertz CT molecular complexity index is 999. The maximum Gasteiger partial charge on any atom is 0.337 e. The van der Waals surface area contributed by atoms with Crippen molar-refractivity contribution in [3.63, 3.8) is 0 Å². The van der Waals surface area contributed by atoms with Crippen molar-refractivity contribution in [1.82, 2.24) is 9.97 Å². The highest BCUT2D eigenvalue weighted by Crippen LogP contribution is 2.18. The average molecular weight is 390 g/mol. The number of ether oxygens (including phenoxy) is 1. The Morgan fingerprint density at radius 1 is 0.931 bits per heavy atom. The lowest BCUT2D eigenvalue weighted by Gasteiger charge is -2.09. The van der Waals surface area contributed by atoms with Gasteiger partial charge in [-0.15, -0.1) is 0 Å². The Balaban J connectivity index is 1.68. The number of amides is 1. The highest BCUT2D eigenvalue weighted by Gasteiger charge is 2.10. The van der Waals surface area contributed by atoms with Gasteiger partial charge < -0.3 is 15.4 Å². The Morgan fingerprint density at radius 3 is 2.21 bits per heavy atom. The van der Waals surface area contributed by atoms with Crippen molar-refractivity contribution in [2.75, 3.05) is 17.7 Å². The van der Waals surface area contributed by atoms with Crippen molar-refractivity contribution in [3.8, 4) is 0 Å². The van der Waals surface area contributed by atoms with Gasteiger partial charge in [-0.05, 0) is 53.9 Å². The van der Waals surface area contributed by atoms with Gasteiger partial charge in [-0.1, -0.05) is 26.0 Å². The number of carbonyl (C=O) groups excluding carboxylic acids is 2. The molecule has 3 aromatic rings. The molecule has 0 saturated heterocycles. The minimum Gasteiger partial charge on any atom is -0.465 e. The number of methoxy groups -OCH3 is 1. The van der Waals surface area contributed by atoms with E-state index in [-0.39, 0.29) is 17.5 Å². The summed E-state index contributed by atoms with van der Waals surface area (Å²) in [6.45, 7) is 4.23. The maximum atomic E-state index is 12.5. The number of nitrogens with zero attached hydrogens (tertiary/aromatic N) is 2. The number of hydrogen-bond donors (Lipinski definition) is 2. The normalized spacial score (nSPS) is 10.5. The molecule has 0 radical (unpaired) electrons. The van der Waals surface area contributed by atoms with E-state index in [0.29, 0.717) is 22.9 Å². The number of anilines is 3. The summed E-state index contributed by atoms with van der Waals surface area (Å²) in [4.78, 5) is 32.4. The first kappa shape index (κ1) is 20.0. The molecule has 29 heavy (non-hydrogen) atoms. The number of carbonyl (C=O) groups is 2. The lowest BCUT2D eigenvalue weighted by atomic mass is 10.0. The summed E-state index contributed by atoms with van der Waals surface area (Å²) in [5.41, 5.74) is 3.26. The van der Waals surface area contributed by atoms with Crippen molar-refractivity contribution in [2.45, 2.75) is 19.8 Å². The number of nitrogens with one attached hydrogen (secondary N) is 2. The van der Waals surface area contributed by atoms with Gasteiger partial charge in [0, 0.05) is 17.6 Å². The van der Waals surface area contributed by atoms with Crippen LogP contribution in [0.3, 0.4) is 0 Å². The molecule has 1 heterocycles. The van der Waals surface area contributed by atoms with Crippen molar-refractivity contribution in [2.24, 2.45) is 0 Å². The van der Waals surface area contributed by atoms with Crippen LogP contribution < -0.4 is 10.6 Å². The Morgan fingerprint density at radius 2 is 1.59 bits per heavy atom. The van der Waals surface area contributed by atoms with Crippen LogP contribution in [0.25, 0.3) is 0 Å². The molecule has 2 aromatic carbocycles. The van der Waals surface area contributed by atoms with Crippen molar-refractivity contribution < 1.29 is 14.3 Å². The smallest absolute Gasteiger partial charge is 0.337 e. The number of esters is 1. The van der Waals surface area contributed by atoms with E-state index in [1.807, 2.05) is 24.3 Å². The Kier molecular flexibility index (Phi) is 6.19. The number of hydrogen-bond acceptors (Lipinski definition) is 6. The van der Waals surface area contributed by atoms with Crippen LogP contribution in [0, 0.1) is 0 Å². The van der Waals surface area contributed by atoms with E-state index >= 15 is 0 Å². The Labute approximate surface area is 169 Å². The second kappa shape index (κ2) is 8.97. The molecule has 0 aliphatic carbocycles. The molecule has 1 aromatic heterocycles. The topological polar surface area (TPSA) is 93.2 Å². The first-order chi connectivity index (χ1) is 14.0. The fourth-order valence-corrected chi connectivity index (χ4v) is 2.63. The fraction of sp³-hybridized carbons (Fsp3) is 0.182. The van der Waals surface area contributed by atoms with Crippen molar-refractivity contribution in [3.05, 3.63) is 77.6 Å². The van der Waals surface area contributed by atoms with E-state index in [1.54, 1.807) is 30.3 Å². The molecule has 0 atom stereocenters. The van der Waals surface area contributed by atoms with Crippen LogP contribution in [0.5, 0.6) is 0 Å². The summed E-state index contributed by atoms with van der Waals surface area (Å²) in [5, 5.41) is 5.85. The zero-order valence-electron chi connectivity index (χ0n) is 16.5.